The maximum atomic E-state index is 12.5. The number of rotatable bonds is 5. The van der Waals surface area contributed by atoms with Crippen molar-refractivity contribution < 1.29 is 9.32 Å². The number of carbonyl (C=O) groups is 1. The average molecular weight is 403 g/mol. The fourth-order valence-electron chi connectivity index (χ4n) is 3.12. The summed E-state index contributed by atoms with van der Waals surface area (Å²) in [5, 5.41) is 6.68. The number of anilines is 1. The molecule has 27 heavy (non-hydrogen) atoms. The van der Waals surface area contributed by atoms with Crippen molar-refractivity contribution in [2.75, 3.05) is 31.1 Å². The number of aryl methyl sites for hydroxylation is 1. The maximum absolute atomic E-state index is 12.5. The van der Waals surface area contributed by atoms with E-state index in [0.29, 0.717) is 37.6 Å². The van der Waals surface area contributed by atoms with Crippen LogP contribution in [0.3, 0.4) is 0 Å². The smallest absolute Gasteiger partial charge is 0.227 e. The van der Waals surface area contributed by atoms with Gasteiger partial charge in [0.05, 0.1) is 4.88 Å². The lowest BCUT2D eigenvalue weighted by molar-refractivity contribution is -0.131. The minimum Gasteiger partial charge on any atom is -0.368 e. The van der Waals surface area contributed by atoms with Crippen LogP contribution in [0.15, 0.2) is 46.3 Å². The van der Waals surface area contributed by atoms with Gasteiger partial charge in [-0.15, -0.1) is 11.3 Å². The Balaban J connectivity index is 1.27. The Labute approximate surface area is 166 Å². The normalized spacial score (nSPS) is 14.6. The molecule has 1 saturated heterocycles. The van der Waals surface area contributed by atoms with Crippen LogP contribution in [0.5, 0.6) is 0 Å². The van der Waals surface area contributed by atoms with Crippen LogP contribution >= 0.6 is 22.9 Å². The third-order valence-corrected chi connectivity index (χ3v) is 5.67. The molecule has 0 aliphatic carbocycles. The summed E-state index contributed by atoms with van der Waals surface area (Å²) in [6.45, 7) is 3.01. The third kappa shape index (κ3) is 4.31. The summed E-state index contributed by atoms with van der Waals surface area (Å²) in [5.41, 5.74) is 1.10. The minimum atomic E-state index is 0.122. The van der Waals surface area contributed by atoms with Gasteiger partial charge in [-0.25, -0.2) is 0 Å². The van der Waals surface area contributed by atoms with E-state index >= 15 is 0 Å². The number of aromatic nitrogens is 2. The first-order chi connectivity index (χ1) is 13.2. The van der Waals surface area contributed by atoms with Crippen molar-refractivity contribution in [3.8, 4) is 10.7 Å². The molecule has 0 radical (unpaired) electrons. The predicted octanol–water partition coefficient (Wildman–Crippen LogP) is 3.73. The molecule has 4 rings (SSSR count). The first kappa shape index (κ1) is 18.0. The van der Waals surface area contributed by atoms with Gasteiger partial charge in [0.15, 0.2) is 0 Å². The zero-order valence-corrected chi connectivity index (χ0v) is 16.2. The Morgan fingerprint density at radius 1 is 1.19 bits per heavy atom. The van der Waals surface area contributed by atoms with E-state index in [1.807, 2.05) is 46.7 Å². The van der Waals surface area contributed by atoms with Crippen LogP contribution in [-0.4, -0.2) is 47.1 Å². The van der Waals surface area contributed by atoms with Crippen LogP contribution in [0.2, 0.25) is 5.02 Å². The molecule has 1 aliphatic rings. The molecule has 0 saturated carbocycles. The van der Waals surface area contributed by atoms with Gasteiger partial charge in [0.2, 0.25) is 17.6 Å². The van der Waals surface area contributed by atoms with Gasteiger partial charge in [-0.05, 0) is 29.6 Å². The molecule has 8 heteroatoms. The van der Waals surface area contributed by atoms with Gasteiger partial charge >= 0.3 is 0 Å². The van der Waals surface area contributed by atoms with E-state index < -0.39 is 0 Å². The summed E-state index contributed by atoms with van der Waals surface area (Å²) in [5.74, 6) is 1.21. The van der Waals surface area contributed by atoms with Crippen LogP contribution in [-0.2, 0) is 11.2 Å². The molecule has 1 aromatic carbocycles. The molecule has 0 bridgehead atoms. The fraction of sp³-hybridized carbons (Fsp3) is 0.316. The summed E-state index contributed by atoms with van der Waals surface area (Å²) in [6, 6.07) is 11.7. The van der Waals surface area contributed by atoms with E-state index in [1.54, 1.807) is 11.3 Å². The molecule has 3 aromatic rings. The van der Waals surface area contributed by atoms with E-state index in [4.69, 9.17) is 16.1 Å². The van der Waals surface area contributed by atoms with Gasteiger partial charge in [0, 0.05) is 49.7 Å². The Morgan fingerprint density at radius 2 is 2.04 bits per heavy atom. The van der Waals surface area contributed by atoms with Crippen LogP contribution < -0.4 is 4.90 Å². The molecule has 140 valence electrons. The van der Waals surface area contributed by atoms with Crippen molar-refractivity contribution in [1.82, 2.24) is 15.0 Å². The maximum Gasteiger partial charge on any atom is 0.227 e. The first-order valence-electron chi connectivity index (χ1n) is 8.84. The molecule has 2 aromatic heterocycles. The summed E-state index contributed by atoms with van der Waals surface area (Å²) < 4.78 is 5.27. The Morgan fingerprint density at radius 3 is 2.78 bits per heavy atom. The van der Waals surface area contributed by atoms with Crippen molar-refractivity contribution in [2.24, 2.45) is 0 Å². The van der Waals surface area contributed by atoms with Gasteiger partial charge in [0.1, 0.15) is 0 Å². The monoisotopic (exact) mass is 402 g/mol. The van der Waals surface area contributed by atoms with Gasteiger partial charge < -0.3 is 14.3 Å². The highest BCUT2D eigenvalue weighted by Crippen LogP contribution is 2.22. The Hall–Kier alpha value is -2.38. The number of carbonyl (C=O) groups excluding carboxylic acids is 1. The van der Waals surface area contributed by atoms with Crippen molar-refractivity contribution in [3.05, 3.63) is 52.7 Å². The summed E-state index contributed by atoms with van der Waals surface area (Å²) in [6.07, 6.45) is 0.842. The van der Waals surface area contributed by atoms with Crippen molar-refractivity contribution >= 4 is 34.5 Å². The number of piperazine rings is 1. The van der Waals surface area contributed by atoms with Crippen LogP contribution in [0.1, 0.15) is 12.3 Å². The van der Waals surface area contributed by atoms with Crippen molar-refractivity contribution in [2.45, 2.75) is 12.8 Å². The van der Waals surface area contributed by atoms with Gasteiger partial charge in [0.25, 0.3) is 0 Å². The second-order valence-electron chi connectivity index (χ2n) is 6.34. The number of nitrogens with zero attached hydrogens (tertiary/aromatic N) is 4. The molecule has 0 spiro atoms. The highest BCUT2D eigenvalue weighted by Gasteiger charge is 2.22. The number of hydrogen-bond donors (Lipinski definition) is 0. The molecular weight excluding hydrogens is 384 g/mol. The summed E-state index contributed by atoms with van der Waals surface area (Å²) in [4.78, 5) is 22.0. The second kappa shape index (κ2) is 8.10. The molecule has 0 N–H and O–H groups in total. The number of hydrogen-bond acceptors (Lipinski definition) is 6. The molecule has 1 fully saturated rings. The van der Waals surface area contributed by atoms with Crippen molar-refractivity contribution in [1.29, 1.82) is 0 Å². The molecule has 6 nitrogen and oxygen atoms in total. The van der Waals surface area contributed by atoms with Crippen LogP contribution in [0.25, 0.3) is 10.7 Å². The van der Waals surface area contributed by atoms with E-state index in [2.05, 4.69) is 15.0 Å². The van der Waals surface area contributed by atoms with Gasteiger partial charge in [-0.1, -0.05) is 28.9 Å². The number of amides is 1. The topological polar surface area (TPSA) is 62.5 Å². The van der Waals surface area contributed by atoms with E-state index in [9.17, 15) is 4.79 Å². The van der Waals surface area contributed by atoms with Crippen LogP contribution in [0, 0.1) is 0 Å². The fourth-order valence-corrected chi connectivity index (χ4v) is 3.95. The standard InChI is InChI=1S/C19H19ClN4O2S/c20-14-3-1-4-15(13-14)23-8-10-24(11-9-23)18(25)7-6-17-21-19(22-26-17)16-5-2-12-27-16/h1-5,12-13H,6-11H2. The molecule has 3 heterocycles. The zero-order valence-electron chi connectivity index (χ0n) is 14.7. The van der Waals surface area contributed by atoms with Gasteiger partial charge in [-0.3, -0.25) is 4.79 Å². The van der Waals surface area contributed by atoms with E-state index in [0.717, 1.165) is 28.7 Å². The first-order valence-corrected chi connectivity index (χ1v) is 10.1. The van der Waals surface area contributed by atoms with Crippen molar-refractivity contribution in [3.63, 3.8) is 0 Å². The lowest BCUT2D eigenvalue weighted by atomic mass is 10.2. The number of thiophene rings is 1. The van der Waals surface area contributed by atoms with Crippen LogP contribution in [0.4, 0.5) is 5.69 Å². The average Bonchev–Trinajstić information content (AvgIpc) is 3.38. The second-order valence-corrected chi connectivity index (χ2v) is 7.72. The molecule has 0 unspecified atom stereocenters. The molecule has 1 aliphatic heterocycles. The Bertz CT molecular complexity index is 904. The third-order valence-electron chi connectivity index (χ3n) is 4.57. The van der Waals surface area contributed by atoms with E-state index in [1.165, 1.54) is 0 Å². The van der Waals surface area contributed by atoms with Gasteiger partial charge in [-0.2, -0.15) is 4.98 Å². The number of benzene rings is 1. The summed E-state index contributed by atoms with van der Waals surface area (Å²) in [7, 11) is 0. The largest absolute Gasteiger partial charge is 0.368 e. The van der Waals surface area contributed by atoms with E-state index in [-0.39, 0.29) is 5.91 Å². The minimum absolute atomic E-state index is 0.122. The predicted molar refractivity (Wildman–Crippen MR) is 106 cm³/mol. The molecular formula is C19H19ClN4O2S. The Kier molecular flexibility index (Phi) is 5.40. The highest BCUT2D eigenvalue weighted by atomic mass is 35.5. The number of halogens is 1. The molecule has 0 atom stereocenters. The quantitative estimate of drug-likeness (QED) is 0.650. The highest BCUT2D eigenvalue weighted by molar-refractivity contribution is 7.13. The SMILES string of the molecule is O=C(CCc1nc(-c2cccs2)no1)N1CCN(c2cccc(Cl)c2)CC1. The lowest BCUT2D eigenvalue weighted by Crippen LogP contribution is -2.48. The summed E-state index contributed by atoms with van der Waals surface area (Å²) >= 11 is 7.63. The molecule has 1 amide bonds. The lowest BCUT2D eigenvalue weighted by Gasteiger charge is -2.36. The zero-order chi connectivity index (χ0) is 18.6.